The minimum Gasteiger partial charge on any atom is -0.348 e. The van der Waals surface area contributed by atoms with Crippen molar-refractivity contribution in [1.82, 2.24) is 14.8 Å². The molecule has 3 heterocycles. The number of carbonyl (C=O) groups excluding carboxylic acids is 1. The molecule has 2 saturated heterocycles. The number of halogens is 1. The minimum absolute atomic E-state index is 0.0805. The van der Waals surface area contributed by atoms with Crippen molar-refractivity contribution < 1.29 is 9.18 Å². The van der Waals surface area contributed by atoms with Crippen LogP contribution >= 0.6 is 11.3 Å². The number of para-hydroxylation sites is 1. The van der Waals surface area contributed by atoms with Crippen LogP contribution in [0.4, 0.5) is 9.52 Å². The largest absolute Gasteiger partial charge is 0.348 e. The van der Waals surface area contributed by atoms with Gasteiger partial charge in [0.25, 0.3) is 0 Å². The van der Waals surface area contributed by atoms with E-state index in [0.29, 0.717) is 11.4 Å². The molecular formula is C26H29FN4OS. The third-order valence-corrected chi connectivity index (χ3v) is 7.71. The highest BCUT2D eigenvalue weighted by Gasteiger charge is 2.31. The average molecular weight is 465 g/mol. The first kappa shape index (κ1) is 22.0. The quantitative estimate of drug-likeness (QED) is 0.557. The van der Waals surface area contributed by atoms with E-state index in [-0.39, 0.29) is 11.7 Å². The number of nitrogens with zero attached hydrogens (tertiary/aromatic N) is 4. The Hall–Kier alpha value is -2.77. The molecular weight excluding hydrogens is 435 g/mol. The number of carbonyl (C=O) groups is 1. The van der Waals surface area contributed by atoms with Crippen molar-refractivity contribution in [2.45, 2.75) is 12.8 Å². The molecule has 7 heteroatoms. The molecule has 3 aromatic rings. The number of benzene rings is 2. The Kier molecular flexibility index (Phi) is 6.69. The molecule has 0 atom stereocenters. The van der Waals surface area contributed by atoms with E-state index in [0.717, 1.165) is 68.5 Å². The molecule has 172 valence electrons. The van der Waals surface area contributed by atoms with E-state index in [1.54, 1.807) is 6.07 Å². The van der Waals surface area contributed by atoms with Gasteiger partial charge in [-0.3, -0.25) is 9.69 Å². The third-order valence-electron chi connectivity index (χ3n) is 6.63. The van der Waals surface area contributed by atoms with Gasteiger partial charge in [0.05, 0.1) is 4.70 Å². The van der Waals surface area contributed by atoms with Crippen LogP contribution in [0.15, 0.2) is 54.6 Å². The molecule has 33 heavy (non-hydrogen) atoms. The number of aromatic nitrogens is 1. The number of hydrogen-bond donors (Lipinski definition) is 0. The summed E-state index contributed by atoms with van der Waals surface area (Å²) in [5.41, 5.74) is 1.67. The number of amides is 1. The standard InChI is InChI=1S/C26H29FN4OS/c27-22-9-4-10-23-24(22)28-26(33-23)31-14-11-21(12-15-31)25(32)30-18-16-29(17-19-30)13-5-8-20-6-2-1-3-7-20/h1-10,21H,11-19H2/b8-5+. The van der Waals surface area contributed by atoms with Gasteiger partial charge >= 0.3 is 0 Å². The molecule has 0 radical (unpaired) electrons. The van der Waals surface area contributed by atoms with Crippen LogP contribution in [-0.2, 0) is 4.79 Å². The highest BCUT2D eigenvalue weighted by molar-refractivity contribution is 7.22. The molecule has 2 aliphatic rings. The van der Waals surface area contributed by atoms with Crippen LogP contribution < -0.4 is 4.90 Å². The maximum absolute atomic E-state index is 14.0. The second kappa shape index (κ2) is 10.0. The molecule has 0 unspecified atom stereocenters. The van der Waals surface area contributed by atoms with E-state index in [1.165, 1.54) is 23.0 Å². The normalized spacial score (nSPS) is 18.5. The summed E-state index contributed by atoms with van der Waals surface area (Å²) < 4.78 is 14.9. The first-order valence-corrected chi connectivity index (χ1v) is 12.5. The molecule has 0 aliphatic carbocycles. The second-order valence-corrected chi connectivity index (χ2v) is 9.79. The van der Waals surface area contributed by atoms with Gasteiger partial charge in [0, 0.05) is 51.7 Å². The summed E-state index contributed by atoms with van der Waals surface area (Å²) >= 11 is 1.53. The summed E-state index contributed by atoms with van der Waals surface area (Å²) in [5.74, 6) is 0.108. The average Bonchev–Trinajstić information content (AvgIpc) is 3.31. The number of hydrogen-bond acceptors (Lipinski definition) is 5. The van der Waals surface area contributed by atoms with E-state index in [1.807, 2.05) is 29.2 Å². The van der Waals surface area contributed by atoms with Gasteiger partial charge in [-0.05, 0) is 30.5 Å². The zero-order valence-electron chi connectivity index (χ0n) is 18.7. The van der Waals surface area contributed by atoms with Gasteiger partial charge in [0.1, 0.15) is 11.3 Å². The Morgan fingerprint density at radius 3 is 2.48 bits per heavy atom. The fourth-order valence-electron chi connectivity index (χ4n) is 4.67. The summed E-state index contributed by atoms with van der Waals surface area (Å²) in [6.07, 6.45) is 6.02. The lowest BCUT2D eigenvalue weighted by molar-refractivity contribution is -0.137. The van der Waals surface area contributed by atoms with E-state index in [2.05, 4.69) is 39.1 Å². The maximum atomic E-state index is 14.0. The maximum Gasteiger partial charge on any atom is 0.225 e. The Labute approximate surface area is 198 Å². The number of thiazole rings is 1. The SMILES string of the molecule is O=C(C1CCN(c2nc3c(F)cccc3s2)CC1)N1CCN(C/C=C/c2ccccc2)CC1. The van der Waals surface area contributed by atoms with Crippen LogP contribution in [0.2, 0.25) is 0 Å². The summed E-state index contributed by atoms with van der Waals surface area (Å²) in [5, 5.41) is 0.859. The van der Waals surface area contributed by atoms with Gasteiger partial charge in [0.15, 0.2) is 5.13 Å². The Morgan fingerprint density at radius 1 is 1.00 bits per heavy atom. The van der Waals surface area contributed by atoms with Crippen molar-refractivity contribution in [2.75, 3.05) is 50.7 Å². The van der Waals surface area contributed by atoms with Crippen LogP contribution in [0.1, 0.15) is 18.4 Å². The summed E-state index contributed by atoms with van der Waals surface area (Å²) in [6, 6.07) is 15.4. The molecule has 2 aliphatic heterocycles. The zero-order valence-corrected chi connectivity index (χ0v) is 19.5. The van der Waals surface area contributed by atoms with Crippen molar-refractivity contribution in [3.8, 4) is 0 Å². The van der Waals surface area contributed by atoms with Gasteiger partial charge in [-0.2, -0.15) is 0 Å². The van der Waals surface area contributed by atoms with Crippen molar-refractivity contribution in [3.63, 3.8) is 0 Å². The van der Waals surface area contributed by atoms with E-state index >= 15 is 0 Å². The molecule has 2 aromatic carbocycles. The van der Waals surface area contributed by atoms with Crippen LogP contribution in [0, 0.1) is 11.7 Å². The fourth-order valence-corrected chi connectivity index (χ4v) is 5.70. The van der Waals surface area contributed by atoms with Crippen molar-refractivity contribution in [2.24, 2.45) is 5.92 Å². The molecule has 1 amide bonds. The van der Waals surface area contributed by atoms with Gasteiger partial charge in [-0.1, -0.05) is 59.9 Å². The Balaban J connectivity index is 1.09. The van der Waals surface area contributed by atoms with Crippen LogP contribution in [0.3, 0.4) is 0 Å². The third kappa shape index (κ3) is 5.09. The monoisotopic (exact) mass is 464 g/mol. The lowest BCUT2D eigenvalue weighted by Gasteiger charge is -2.38. The molecule has 2 fully saturated rings. The zero-order chi connectivity index (χ0) is 22.6. The fraction of sp³-hybridized carbons (Fsp3) is 0.385. The molecule has 0 bridgehead atoms. The van der Waals surface area contributed by atoms with Crippen LogP contribution in [-0.4, -0.2) is 66.5 Å². The summed E-state index contributed by atoms with van der Waals surface area (Å²) in [6.45, 7) is 5.94. The predicted octanol–water partition coefficient (Wildman–Crippen LogP) is 4.51. The highest BCUT2D eigenvalue weighted by Crippen LogP contribution is 2.33. The van der Waals surface area contributed by atoms with Crippen molar-refractivity contribution in [3.05, 3.63) is 66.0 Å². The Bertz CT molecular complexity index is 1120. The van der Waals surface area contributed by atoms with Crippen molar-refractivity contribution >= 4 is 38.7 Å². The highest BCUT2D eigenvalue weighted by atomic mass is 32.1. The van der Waals surface area contributed by atoms with Gasteiger partial charge in [0.2, 0.25) is 5.91 Å². The summed E-state index contributed by atoms with van der Waals surface area (Å²) in [4.78, 5) is 24.3. The Morgan fingerprint density at radius 2 is 1.76 bits per heavy atom. The molecule has 0 spiro atoms. The molecule has 0 saturated carbocycles. The van der Waals surface area contributed by atoms with Gasteiger partial charge in [-0.15, -0.1) is 0 Å². The molecule has 0 N–H and O–H groups in total. The first-order valence-electron chi connectivity index (χ1n) is 11.7. The van der Waals surface area contributed by atoms with Crippen molar-refractivity contribution in [1.29, 1.82) is 0 Å². The number of piperidine rings is 1. The first-order chi connectivity index (χ1) is 16.2. The molecule has 5 rings (SSSR count). The van der Waals surface area contributed by atoms with E-state index in [9.17, 15) is 9.18 Å². The topological polar surface area (TPSA) is 39.7 Å². The second-order valence-electron chi connectivity index (χ2n) is 8.78. The summed E-state index contributed by atoms with van der Waals surface area (Å²) in [7, 11) is 0. The number of anilines is 1. The number of fused-ring (bicyclic) bond motifs is 1. The number of rotatable bonds is 5. The van der Waals surface area contributed by atoms with Gasteiger partial charge in [-0.25, -0.2) is 9.37 Å². The smallest absolute Gasteiger partial charge is 0.225 e. The lowest BCUT2D eigenvalue weighted by atomic mass is 9.95. The minimum atomic E-state index is -0.269. The van der Waals surface area contributed by atoms with Crippen LogP contribution in [0.25, 0.3) is 16.3 Å². The molecule has 5 nitrogen and oxygen atoms in total. The lowest BCUT2D eigenvalue weighted by Crippen LogP contribution is -2.51. The van der Waals surface area contributed by atoms with E-state index in [4.69, 9.17) is 0 Å². The molecule has 1 aromatic heterocycles. The predicted molar refractivity (Wildman–Crippen MR) is 133 cm³/mol. The van der Waals surface area contributed by atoms with E-state index < -0.39 is 0 Å². The van der Waals surface area contributed by atoms with Crippen LogP contribution in [0.5, 0.6) is 0 Å². The van der Waals surface area contributed by atoms with Gasteiger partial charge < -0.3 is 9.80 Å². The number of piperazine rings is 1.